The molecule has 0 saturated heterocycles. The van der Waals surface area contributed by atoms with Crippen LogP contribution in [-0.4, -0.2) is 19.0 Å². The Labute approximate surface area is 126 Å². The lowest BCUT2D eigenvalue weighted by molar-refractivity contribution is 0.595. The van der Waals surface area contributed by atoms with Gasteiger partial charge in [0.2, 0.25) is 0 Å². The predicted octanol–water partition coefficient (Wildman–Crippen LogP) is 4.90. The van der Waals surface area contributed by atoms with Gasteiger partial charge in [-0.05, 0) is 34.0 Å². The molecule has 0 amide bonds. The molecule has 0 aromatic heterocycles. The molecular formula is C20H19N. The zero-order chi connectivity index (χ0) is 14.7. The molecule has 21 heavy (non-hydrogen) atoms. The second-order valence-corrected chi connectivity index (χ2v) is 5.40. The van der Waals surface area contributed by atoms with Crippen molar-refractivity contribution in [3.05, 3.63) is 83.9 Å². The summed E-state index contributed by atoms with van der Waals surface area (Å²) in [7, 11) is 4.17. The standard InChI is InChI=1S/C20H19N/c1-21(2)20(14-16-8-4-3-5-9-16)19-13-12-17-10-6-7-11-18(17)15-19/h3-15H,1-2H3. The molecule has 0 N–H and O–H groups in total. The van der Waals surface area contributed by atoms with Crippen molar-refractivity contribution >= 4 is 22.5 Å². The van der Waals surface area contributed by atoms with Gasteiger partial charge in [0.05, 0.1) is 0 Å². The summed E-state index contributed by atoms with van der Waals surface area (Å²) in [6.45, 7) is 0. The molecule has 0 fully saturated rings. The Balaban J connectivity index is 2.09. The smallest absolute Gasteiger partial charge is 0.0440 e. The van der Waals surface area contributed by atoms with Crippen molar-refractivity contribution in [2.75, 3.05) is 14.1 Å². The van der Waals surface area contributed by atoms with E-state index in [0.29, 0.717) is 0 Å². The lowest BCUT2D eigenvalue weighted by Crippen LogP contribution is -2.09. The molecule has 0 aliphatic heterocycles. The van der Waals surface area contributed by atoms with E-state index in [4.69, 9.17) is 0 Å². The molecule has 0 saturated carbocycles. The number of hydrogen-bond donors (Lipinski definition) is 0. The Kier molecular flexibility index (Phi) is 3.74. The van der Waals surface area contributed by atoms with Crippen LogP contribution in [0.25, 0.3) is 22.5 Å². The third-order valence-electron chi connectivity index (χ3n) is 3.63. The van der Waals surface area contributed by atoms with E-state index in [1.807, 2.05) is 6.07 Å². The summed E-state index contributed by atoms with van der Waals surface area (Å²) in [5.74, 6) is 0. The number of nitrogens with zero attached hydrogens (tertiary/aromatic N) is 1. The molecule has 0 unspecified atom stereocenters. The minimum Gasteiger partial charge on any atom is -0.377 e. The SMILES string of the molecule is CN(C)C(=Cc1ccccc1)c1ccc2ccccc2c1. The van der Waals surface area contributed by atoms with Crippen LogP contribution in [0.5, 0.6) is 0 Å². The highest BCUT2D eigenvalue weighted by molar-refractivity contribution is 5.89. The number of rotatable bonds is 3. The molecule has 0 spiro atoms. The zero-order valence-corrected chi connectivity index (χ0v) is 12.5. The molecule has 3 aromatic rings. The van der Waals surface area contributed by atoms with E-state index in [-0.39, 0.29) is 0 Å². The molecular weight excluding hydrogens is 254 g/mol. The summed E-state index contributed by atoms with van der Waals surface area (Å²) in [6, 6.07) is 25.5. The molecule has 0 heterocycles. The van der Waals surface area contributed by atoms with Gasteiger partial charge in [-0.15, -0.1) is 0 Å². The third-order valence-corrected chi connectivity index (χ3v) is 3.63. The van der Waals surface area contributed by atoms with E-state index in [0.717, 1.165) is 0 Å². The van der Waals surface area contributed by atoms with Gasteiger partial charge in [-0.2, -0.15) is 0 Å². The van der Waals surface area contributed by atoms with E-state index in [1.54, 1.807) is 0 Å². The molecule has 3 rings (SSSR count). The van der Waals surface area contributed by atoms with Gasteiger partial charge in [-0.25, -0.2) is 0 Å². The quantitative estimate of drug-likeness (QED) is 0.613. The van der Waals surface area contributed by atoms with Gasteiger partial charge in [0.15, 0.2) is 0 Å². The first-order valence-corrected chi connectivity index (χ1v) is 7.17. The second kappa shape index (κ2) is 5.84. The zero-order valence-electron chi connectivity index (χ0n) is 12.5. The Morgan fingerprint density at radius 1 is 0.762 bits per heavy atom. The summed E-state index contributed by atoms with van der Waals surface area (Å²) >= 11 is 0. The molecule has 0 aliphatic carbocycles. The predicted molar refractivity (Wildman–Crippen MR) is 91.9 cm³/mol. The molecule has 3 aromatic carbocycles. The summed E-state index contributed by atoms with van der Waals surface area (Å²) in [4.78, 5) is 2.16. The average Bonchev–Trinajstić information content (AvgIpc) is 2.53. The largest absolute Gasteiger partial charge is 0.377 e. The summed E-state index contributed by atoms with van der Waals surface area (Å²) < 4.78 is 0. The van der Waals surface area contributed by atoms with Gasteiger partial charge in [0.1, 0.15) is 0 Å². The van der Waals surface area contributed by atoms with Crippen LogP contribution >= 0.6 is 0 Å². The normalized spacial score (nSPS) is 11.6. The molecule has 104 valence electrons. The monoisotopic (exact) mass is 273 g/mol. The van der Waals surface area contributed by atoms with Gasteiger partial charge in [0.25, 0.3) is 0 Å². The van der Waals surface area contributed by atoms with Crippen molar-refractivity contribution in [3.8, 4) is 0 Å². The Morgan fingerprint density at radius 2 is 1.43 bits per heavy atom. The highest BCUT2D eigenvalue weighted by Crippen LogP contribution is 2.24. The van der Waals surface area contributed by atoms with Gasteiger partial charge in [0, 0.05) is 19.8 Å². The summed E-state index contributed by atoms with van der Waals surface area (Å²) in [5.41, 5.74) is 3.67. The maximum Gasteiger partial charge on any atom is 0.0440 e. The van der Waals surface area contributed by atoms with Crippen LogP contribution in [0.15, 0.2) is 72.8 Å². The summed E-state index contributed by atoms with van der Waals surface area (Å²) in [6.07, 6.45) is 2.23. The van der Waals surface area contributed by atoms with Crippen molar-refractivity contribution in [1.82, 2.24) is 4.90 Å². The van der Waals surface area contributed by atoms with Crippen LogP contribution < -0.4 is 0 Å². The Hall–Kier alpha value is -2.54. The molecule has 0 radical (unpaired) electrons. The van der Waals surface area contributed by atoms with Crippen LogP contribution in [0.4, 0.5) is 0 Å². The fourth-order valence-corrected chi connectivity index (χ4v) is 2.53. The maximum atomic E-state index is 2.25. The van der Waals surface area contributed by atoms with E-state index in [1.165, 1.54) is 27.6 Å². The van der Waals surface area contributed by atoms with Gasteiger partial charge < -0.3 is 4.90 Å². The third kappa shape index (κ3) is 2.97. The van der Waals surface area contributed by atoms with Crippen molar-refractivity contribution in [2.45, 2.75) is 0 Å². The first-order valence-electron chi connectivity index (χ1n) is 7.17. The maximum absolute atomic E-state index is 2.25. The van der Waals surface area contributed by atoms with Gasteiger partial charge in [-0.3, -0.25) is 0 Å². The van der Waals surface area contributed by atoms with Crippen molar-refractivity contribution in [1.29, 1.82) is 0 Å². The highest BCUT2D eigenvalue weighted by Gasteiger charge is 2.05. The molecule has 0 atom stereocenters. The van der Waals surface area contributed by atoms with Crippen molar-refractivity contribution < 1.29 is 0 Å². The van der Waals surface area contributed by atoms with Crippen molar-refractivity contribution in [2.24, 2.45) is 0 Å². The van der Waals surface area contributed by atoms with E-state index < -0.39 is 0 Å². The topological polar surface area (TPSA) is 3.24 Å². The Bertz CT molecular complexity index is 770. The number of benzene rings is 3. The van der Waals surface area contributed by atoms with Gasteiger partial charge in [-0.1, -0.05) is 66.7 Å². The number of hydrogen-bond acceptors (Lipinski definition) is 1. The lowest BCUT2D eigenvalue weighted by atomic mass is 10.0. The first kappa shape index (κ1) is 13.4. The fraction of sp³-hybridized carbons (Fsp3) is 0.100. The van der Waals surface area contributed by atoms with E-state index >= 15 is 0 Å². The minimum atomic E-state index is 1.21. The molecule has 0 aliphatic rings. The Morgan fingerprint density at radius 3 is 2.14 bits per heavy atom. The van der Waals surface area contributed by atoms with Gasteiger partial charge >= 0.3 is 0 Å². The van der Waals surface area contributed by atoms with Crippen LogP contribution in [-0.2, 0) is 0 Å². The van der Waals surface area contributed by atoms with Crippen LogP contribution in [0.3, 0.4) is 0 Å². The fourth-order valence-electron chi connectivity index (χ4n) is 2.53. The van der Waals surface area contributed by atoms with Crippen LogP contribution in [0.2, 0.25) is 0 Å². The first-order chi connectivity index (χ1) is 10.2. The highest BCUT2D eigenvalue weighted by atomic mass is 15.1. The summed E-state index contributed by atoms with van der Waals surface area (Å²) in [5, 5.41) is 2.55. The van der Waals surface area contributed by atoms with E-state index in [9.17, 15) is 0 Å². The number of fused-ring (bicyclic) bond motifs is 1. The molecule has 0 bridgehead atoms. The molecule has 1 nitrogen and oxygen atoms in total. The lowest BCUT2D eigenvalue weighted by Gasteiger charge is -2.18. The van der Waals surface area contributed by atoms with E-state index in [2.05, 4.69) is 91.8 Å². The average molecular weight is 273 g/mol. The second-order valence-electron chi connectivity index (χ2n) is 5.40. The molecule has 1 heteroatoms. The minimum absolute atomic E-state index is 1.21. The van der Waals surface area contributed by atoms with Crippen molar-refractivity contribution in [3.63, 3.8) is 0 Å². The van der Waals surface area contributed by atoms with Crippen LogP contribution in [0, 0.1) is 0 Å². The van der Waals surface area contributed by atoms with Crippen LogP contribution in [0.1, 0.15) is 11.1 Å².